The van der Waals surface area contributed by atoms with Gasteiger partial charge in [-0.15, -0.1) is 0 Å². The van der Waals surface area contributed by atoms with Gasteiger partial charge in [-0.1, -0.05) is 92.2 Å². The Labute approximate surface area is 247 Å². The van der Waals surface area contributed by atoms with E-state index in [0.717, 1.165) is 54.6 Å². The Morgan fingerprint density at radius 1 is 0.976 bits per heavy atom. The monoisotopic (exact) mass is 615 g/mol. The summed E-state index contributed by atoms with van der Waals surface area (Å²) >= 11 is 0. The van der Waals surface area contributed by atoms with Gasteiger partial charge in [0.05, 0.1) is 11.7 Å². The van der Waals surface area contributed by atoms with Crippen LogP contribution in [0.25, 0.3) is 0 Å². The van der Waals surface area contributed by atoms with E-state index in [9.17, 15) is 24.5 Å². The molecule has 42 heavy (non-hydrogen) atoms. The number of aliphatic hydroxyl groups is 1. The fraction of sp³-hybridized carbons (Fsp3) is 0.606. The van der Waals surface area contributed by atoms with Gasteiger partial charge >= 0.3 is 10.2 Å². The number of rotatable bonds is 7. The minimum atomic E-state index is -9.85. The highest BCUT2D eigenvalue weighted by Crippen LogP contribution is 3.02. The van der Waals surface area contributed by atoms with Crippen molar-refractivity contribution in [3.63, 3.8) is 0 Å². The van der Waals surface area contributed by atoms with Gasteiger partial charge < -0.3 is 9.84 Å². The summed E-state index contributed by atoms with van der Waals surface area (Å²) in [6.45, 7) is 18.9. The van der Waals surface area contributed by atoms with Crippen molar-refractivity contribution in [2.45, 2.75) is 123 Å². The summed E-state index contributed by atoms with van der Waals surface area (Å²) in [5, 5.41) is 11.9. The van der Waals surface area contributed by atoms with Crippen LogP contribution in [-0.4, -0.2) is 15.7 Å². The van der Waals surface area contributed by atoms with Gasteiger partial charge in [-0.25, -0.2) is 0 Å². The molecule has 1 heterocycles. The van der Waals surface area contributed by atoms with E-state index in [1.165, 1.54) is 0 Å². The molecule has 4 rings (SSSR count). The standard InChI is InChI=1S/C33H46F5NO2S/c1-20(2)29-28(30(40)22-14-16-23(17-15-22)42(34,35,36,37)38)26(21-12-10-11-13-21)27-24(39-29)18-32(6,7)19-25(27)41-33(8,9)31(3,4)5/h10,12,14-17,20-21,25,30,40H,11,13,18-19H2,1-9H3/t21-,25-,30?/m1/s1. The van der Waals surface area contributed by atoms with Crippen molar-refractivity contribution >= 4 is 10.2 Å². The Balaban J connectivity index is 1.98. The average Bonchev–Trinajstić information content (AvgIpc) is 3.34. The number of aromatic nitrogens is 1. The first-order valence-corrected chi connectivity index (χ1v) is 16.7. The van der Waals surface area contributed by atoms with Gasteiger partial charge in [0.15, 0.2) is 0 Å². The second-order valence-corrected chi connectivity index (χ2v) is 17.2. The zero-order valence-electron chi connectivity index (χ0n) is 26.2. The van der Waals surface area contributed by atoms with Crippen LogP contribution in [0.2, 0.25) is 0 Å². The molecule has 0 aliphatic heterocycles. The quantitative estimate of drug-likeness (QED) is 0.249. The fourth-order valence-corrected chi connectivity index (χ4v) is 6.69. The average molecular weight is 616 g/mol. The summed E-state index contributed by atoms with van der Waals surface area (Å²) in [4.78, 5) is 3.18. The predicted octanol–water partition coefficient (Wildman–Crippen LogP) is 11.2. The largest absolute Gasteiger partial charge is 0.384 e. The number of pyridine rings is 1. The maximum absolute atomic E-state index is 13.5. The molecule has 3 atom stereocenters. The molecule has 0 saturated carbocycles. The lowest BCUT2D eigenvalue weighted by molar-refractivity contribution is -0.146. The number of hydrogen-bond donors (Lipinski definition) is 1. The minimum Gasteiger partial charge on any atom is -0.384 e. The lowest BCUT2D eigenvalue weighted by Gasteiger charge is -2.46. The van der Waals surface area contributed by atoms with Gasteiger partial charge in [0.2, 0.25) is 0 Å². The highest BCUT2D eigenvalue weighted by molar-refractivity contribution is 8.45. The molecular formula is C33H46F5NO2S. The molecule has 3 nitrogen and oxygen atoms in total. The summed E-state index contributed by atoms with van der Waals surface area (Å²) in [6.07, 6.45) is 5.68. The van der Waals surface area contributed by atoms with Crippen LogP contribution in [0.4, 0.5) is 19.4 Å². The van der Waals surface area contributed by atoms with E-state index in [-0.39, 0.29) is 34.3 Å². The molecule has 0 bridgehead atoms. The van der Waals surface area contributed by atoms with Crippen LogP contribution in [0.5, 0.6) is 0 Å². The Kier molecular flexibility index (Phi) is 7.66. The molecule has 0 fully saturated rings. The second kappa shape index (κ2) is 9.77. The smallest absolute Gasteiger partial charge is 0.310 e. The molecule has 1 aromatic carbocycles. The third-order valence-electron chi connectivity index (χ3n) is 9.22. The number of fused-ring (bicyclic) bond motifs is 1. The summed E-state index contributed by atoms with van der Waals surface area (Å²) in [5.41, 5.74) is 3.31. The first-order chi connectivity index (χ1) is 18.8. The second-order valence-electron chi connectivity index (χ2n) is 14.8. The van der Waals surface area contributed by atoms with Crippen molar-refractivity contribution < 1.29 is 29.3 Å². The summed E-state index contributed by atoms with van der Waals surface area (Å²) < 4.78 is 74.3. The zero-order chi connectivity index (χ0) is 31.7. The highest BCUT2D eigenvalue weighted by atomic mass is 32.5. The third-order valence-corrected chi connectivity index (χ3v) is 10.4. The number of ether oxygens (including phenoxy) is 1. The van der Waals surface area contributed by atoms with Crippen molar-refractivity contribution in [3.8, 4) is 0 Å². The first kappa shape index (κ1) is 32.9. The maximum atomic E-state index is 13.5. The van der Waals surface area contributed by atoms with Crippen molar-refractivity contribution in [3.05, 3.63) is 70.1 Å². The molecule has 1 aromatic heterocycles. The van der Waals surface area contributed by atoms with Crippen LogP contribution < -0.4 is 0 Å². The molecule has 0 amide bonds. The molecule has 9 heteroatoms. The topological polar surface area (TPSA) is 42.4 Å². The Morgan fingerprint density at radius 2 is 1.57 bits per heavy atom. The molecule has 2 aliphatic rings. The first-order valence-electron chi connectivity index (χ1n) is 14.7. The van der Waals surface area contributed by atoms with E-state index >= 15 is 0 Å². The van der Waals surface area contributed by atoms with Gasteiger partial charge in [-0.3, -0.25) is 4.98 Å². The summed E-state index contributed by atoms with van der Waals surface area (Å²) in [5.74, 6) is -0.151. The van der Waals surface area contributed by atoms with E-state index in [1.54, 1.807) is 0 Å². The van der Waals surface area contributed by atoms with Gasteiger partial charge in [-0.05, 0) is 79.5 Å². The van der Waals surface area contributed by atoms with E-state index < -0.39 is 26.8 Å². The predicted molar refractivity (Wildman–Crippen MR) is 161 cm³/mol. The van der Waals surface area contributed by atoms with Crippen LogP contribution in [0.15, 0.2) is 41.3 Å². The molecule has 2 aliphatic carbocycles. The molecule has 0 radical (unpaired) electrons. The van der Waals surface area contributed by atoms with Crippen LogP contribution in [-0.2, 0) is 11.2 Å². The molecular weight excluding hydrogens is 569 g/mol. The lowest BCUT2D eigenvalue weighted by Crippen LogP contribution is -2.43. The highest BCUT2D eigenvalue weighted by Gasteiger charge is 2.65. The number of nitrogens with zero attached hydrogens (tertiary/aromatic N) is 1. The molecule has 2 aromatic rings. The Hall–Kier alpha value is -1.97. The molecule has 1 unspecified atom stereocenters. The van der Waals surface area contributed by atoms with E-state index in [1.807, 2.05) is 13.8 Å². The fourth-order valence-electron chi connectivity index (χ4n) is 6.03. The normalized spacial score (nSPS) is 23.4. The van der Waals surface area contributed by atoms with E-state index in [2.05, 4.69) is 60.6 Å². The minimum absolute atomic E-state index is 0.0436. The molecule has 236 valence electrons. The molecule has 0 saturated heterocycles. The SMILES string of the molecule is CC(C)c1nc2c(c([C@@H]3C=CCC3)c1C(O)c1ccc(S(F)(F)(F)(F)F)cc1)[C@H](OC(C)(C)C(C)(C)C)CC(C)(C)C2. The Bertz CT molecular complexity index is 1370. The number of halogens is 5. The van der Waals surface area contributed by atoms with E-state index in [4.69, 9.17) is 9.72 Å². The van der Waals surface area contributed by atoms with Crippen molar-refractivity contribution in [1.29, 1.82) is 0 Å². The van der Waals surface area contributed by atoms with Crippen LogP contribution in [0, 0.1) is 10.8 Å². The summed E-state index contributed by atoms with van der Waals surface area (Å²) in [7, 11) is -9.85. The van der Waals surface area contributed by atoms with Crippen LogP contribution in [0.3, 0.4) is 0 Å². The van der Waals surface area contributed by atoms with Crippen molar-refractivity contribution in [2.75, 3.05) is 0 Å². The van der Waals surface area contributed by atoms with Crippen molar-refractivity contribution in [1.82, 2.24) is 4.98 Å². The zero-order valence-corrected chi connectivity index (χ0v) is 27.0. The van der Waals surface area contributed by atoms with Gasteiger partial charge in [0, 0.05) is 28.4 Å². The van der Waals surface area contributed by atoms with Crippen LogP contribution in [0.1, 0.15) is 139 Å². The molecule has 1 N–H and O–H groups in total. The van der Waals surface area contributed by atoms with Gasteiger partial charge in [0.25, 0.3) is 0 Å². The summed E-state index contributed by atoms with van der Waals surface area (Å²) in [6, 6.07) is 2.65. The van der Waals surface area contributed by atoms with Crippen LogP contribution >= 0.6 is 10.2 Å². The number of benzene rings is 1. The van der Waals surface area contributed by atoms with Gasteiger partial charge in [0.1, 0.15) is 11.0 Å². The van der Waals surface area contributed by atoms with Gasteiger partial charge in [-0.2, -0.15) is 0 Å². The number of aliphatic hydroxyl groups excluding tert-OH is 1. The number of allylic oxidation sites excluding steroid dienone is 2. The molecule has 0 spiro atoms. The third kappa shape index (κ3) is 6.58. The Morgan fingerprint density at radius 3 is 2.05 bits per heavy atom. The lowest BCUT2D eigenvalue weighted by atomic mass is 9.70. The van der Waals surface area contributed by atoms with E-state index in [0.29, 0.717) is 23.4 Å². The number of hydrogen-bond acceptors (Lipinski definition) is 3. The maximum Gasteiger partial charge on any atom is 0.310 e. The van der Waals surface area contributed by atoms with Crippen molar-refractivity contribution in [2.24, 2.45) is 10.8 Å².